The van der Waals surface area contributed by atoms with E-state index in [1.807, 2.05) is 6.07 Å². The van der Waals surface area contributed by atoms with Crippen LogP contribution in [-0.2, 0) is 6.42 Å². The van der Waals surface area contributed by atoms with Gasteiger partial charge in [-0.25, -0.2) is 9.78 Å². The quantitative estimate of drug-likeness (QED) is 0.220. The molecule has 0 saturated heterocycles. The second-order valence-electron chi connectivity index (χ2n) is 7.41. The zero-order valence-corrected chi connectivity index (χ0v) is 18.3. The van der Waals surface area contributed by atoms with Crippen molar-refractivity contribution in [2.75, 3.05) is 10.6 Å². The summed E-state index contributed by atoms with van der Waals surface area (Å²) in [7, 11) is 0. The van der Waals surface area contributed by atoms with Gasteiger partial charge in [-0.2, -0.15) is 0 Å². The lowest BCUT2D eigenvalue weighted by atomic mass is 10.0. The molecule has 4 N–H and O–H groups in total. The third kappa shape index (κ3) is 6.18. The molecule has 0 bridgehead atoms. The number of benzene rings is 2. The third-order valence-corrected chi connectivity index (χ3v) is 5.97. The fraction of sp³-hybridized carbons (Fsp3) is 0.348. The Morgan fingerprint density at radius 1 is 1.03 bits per heavy atom. The number of aromatic nitrogens is 1. The van der Waals surface area contributed by atoms with Crippen molar-refractivity contribution in [1.82, 2.24) is 4.98 Å². The predicted molar refractivity (Wildman–Crippen MR) is 124 cm³/mol. The molecular formula is C23H27N3O4S. The summed E-state index contributed by atoms with van der Waals surface area (Å²) in [5, 5.41) is 24.5. The lowest BCUT2D eigenvalue weighted by Crippen LogP contribution is -2.13. The molecule has 0 radical (unpaired) electrons. The summed E-state index contributed by atoms with van der Waals surface area (Å²) in [5.41, 5.74) is 2.37. The van der Waals surface area contributed by atoms with E-state index < -0.39 is 6.09 Å². The molecule has 3 rings (SSSR count). The van der Waals surface area contributed by atoms with E-state index in [1.54, 1.807) is 30.3 Å². The van der Waals surface area contributed by atoms with Crippen LogP contribution in [0.3, 0.4) is 0 Å². The highest BCUT2D eigenvalue weighted by Crippen LogP contribution is 2.31. The van der Waals surface area contributed by atoms with Gasteiger partial charge in [0.15, 0.2) is 5.13 Å². The number of anilines is 2. The Labute approximate surface area is 185 Å². The number of phenols is 1. The Balaban J connectivity index is 1.70. The molecular weight excluding hydrogens is 414 g/mol. The molecule has 0 spiro atoms. The van der Waals surface area contributed by atoms with E-state index in [-0.39, 0.29) is 16.8 Å². The van der Waals surface area contributed by atoms with Gasteiger partial charge in [0, 0.05) is 5.56 Å². The van der Waals surface area contributed by atoms with Crippen molar-refractivity contribution in [2.24, 2.45) is 0 Å². The molecule has 164 valence electrons. The first-order chi connectivity index (χ1) is 15.0. The molecule has 31 heavy (non-hydrogen) atoms. The number of carboxylic acid groups (broad SMARTS) is 1. The fourth-order valence-corrected chi connectivity index (χ4v) is 4.33. The molecule has 0 aliphatic heterocycles. The standard InChI is InChI=1S/C23H27N3O4S/c1-2-3-4-5-6-7-9-15-10-8-11-18(27)20(15)25-21(28)16-12-13-17-19(14-16)31-22(24-17)26-23(29)30/h8,10-14,27H,2-7,9H2,1H3,(H,24,26)(H,25,28)(H,29,30). The van der Waals surface area contributed by atoms with Crippen molar-refractivity contribution >= 4 is 44.4 Å². The number of carbonyl (C=O) groups is 2. The van der Waals surface area contributed by atoms with Crippen LogP contribution in [0.5, 0.6) is 5.75 Å². The summed E-state index contributed by atoms with van der Waals surface area (Å²) in [5.74, 6) is -0.294. The zero-order valence-electron chi connectivity index (χ0n) is 17.5. The average Bonchev–Trinajstić information content (AvgIpc) is 3.13. The van der Waals surface area contributed by atoms with Gasteiger partial charge in [0.1, 0.15) is 5.75 Å². The van der Waals surface area contributed by atoms with Gasteiger partial charge in [-0.15, -0.1) is 0 Å². The molecule has 0 aliphatic rings. The molecule has 0 aliphatic carbocycles. The van der Waals surface area contributed by atoms with Crippen molar-refractivity contribution in [3.63, 3.8) is 0 Å². The molecule has 8 heteroatoms. The van der Waals surface area contributed by atoms with Crippen molar-refractivity contribution in [2.45, 2.75) is 51.9 Å². The molecule has 0 fully saturated rings. The van der Waals surface area contributed by atoms with Crippen LogP contribution in [0.4, 0.5) is 15.6 Å². The second-order valence-corrected chi connectivity index (χ2v) is 8.45. The number of unbranched alkanes of at least 4 members (excludes halogenated alkanes) is 5. The molecule has 2 aromatic carbocycles. The number of phenolic OH excluding ortho intramolecular Hbond substituents is 1. The van der Waals surface area contributed by atoms with Gasteiger partial charge in [0.05, 0.1) is 15.9 Å². The maximum atomic E-state index is 12.8. The second kappa shape index (κ2) is 10.8. The Morgan fingerprint density at radius 2 is 1.81 bits per heavy atom. The van der Waals surface area contributed by atoms with Gasteiger partial charge < -0.3 is 15.5 Å². The molecule has 7 nitrogen and oxygen atoms in total. The predicted octanol–water partition coefficient (Wildman–Crippen LogP) is 6.25. The molecule has 0 unspecified atom stereocenters. The highest BCUT2D eigenvalue weighted by atomic mass is 32.1. The number of nitrogens with zero attached hydrogens (tertiary/aromatic N) is 1. The van der Waals surface area contributed by atoms with E-state index in [0.29, 0.717) is 21.5 Å². The molecule has 1 heterocycles. The van der Waals surface area contributed by atoms with E-state index in [1.165, 1.54) is 25.7 Å². The van der Waals surface area contributed by atoms with Gasteiger partial charge in [-0.05, 0) is 42.7 Å². The van der Waals surface area contributed by atoms with Crippen molar-refractivity contribution < 1.29 is 19.8 Å². The number of fused-ring (bicyclic) bond motifs is 1. The topological polar surface area (TPSA) is 112 Å². The maximum absolute atomic E-state index is 12.8. The van der Waals surface area contributed by atoms with Gasteiger partial charge >= 0.3 is 6.09 Å². The summed E-state index contributed by atoms with van der Waals surface area (Å²) < 4.78 is 0.695. The van der Waals surface area contributed by atoms with Crippen molar-refractivity contribution in [3.8, 4) is 5.75 Å². The summed E-state index contributed by atoms with van der Waals surface area (Å²) in [6, 6.07) is 10.3. The van der Waals surface area contributed by atoms with Crippen LogP contribution in [0.25, 0.3) is 10.2 Å². The van der Waals surface area contributed by atoms with E-state index in [4.69, 9.17) is 5.11 Å². The number of carbonyl (C=O) groups excluding carboxylic acids is 1. The van der Waals surface area contributed by atoms with Gasteiger partial charge in [0.2, 0.25) is 0 Å². The largest absolute Gasteiger partial charge is 0.506 e. The number of thiazole rings is 1. The van der Waals surface area contributed by atoms with E-state index in [0.717, 1.165) is 36.2 Å². The summed E-state index contributed by atoms with van der Waals surface area (Å²) in [6.07, 6.45) is 6.63. The van der Waals surface area contributed by atoms with E-state index >= 15 is 0 Å². The van der Waals surface area contributed by atoms with Crippen molar-refractivity contribution in [1.29, 1.82) is 0 Å². The van der Waals surface area contributed by atoms with Crippen LogP contribution in [0.2, 0.25) is 0 Å². The third-order valence-electron chi connectivity index (χ3n) is 5.03. The van der Waals surface area contributed by atoms with Crippen LogP contribution >= 0.6 is 11.3 Å². The molecule has 2 amide bonds. The number of nitrogens with one attached hydrogen (secondary N) is 2. The number of hydrogen-bond acceptors (Lipinski definition) is 5. The minimum absolute atomic E-state index is 0.0450. The fourth-order valence-electron chi connectivity index (χ4n) is 3.43. The van der Waals surface area contributed by atoms with Crippen LogP contribution < -0.4 is 10.6 Å². The number of aromatic hydroxyl groups is 1. The number of para-hydroxylation sites is 1. The van der Waals surface area contributed by atoms with Gasteiger partial charge in [-0.1, -0.05) is 62.5 Å². The SMILES string of the molecule is CCCCCCCCc1cccc(O)c1NC(=O)c1ccc2nc(NC(=O)O)sc2c1. The number of hydrogen-bond donors (Lipinski definition) is 4. The van der Waals surface area contributed by atoms with Crippen LogP contribution in [-0.4, -0.2) is 27.2 Å². The summed E-state index contributed by atoms with van der Waals surface area (Å²) >= 11 is 1.16. The smallest absolute Gasteiger partial charge is 0.410 e. The Morgan fingerprint density at radius 3 is 2.58 bits per heavy atom. The molecule has 1 aromatic heterocycles. The lowest BCUT2D eigenvalue weighted by Gasteiger charge is -2.13. The average molecular weight is 442 g/mol. The highest BCUT2D eigenvalue weighted by Gasteiger charge is 2.15. The summed E-state index contributed by atoms with van der Waals surface area (Å²) in [6.45, 7) is 2.19. The Hall–Kier alpha value is -3.13. The van der Waals surface area contributed by atoms with Crippen LogP contribution in [0.15, 0.2) is 36.4 Å². The number of aryl methyl sites for hydroxylation is 1. The van der Waals surface area contributed by atoms with Gasteiger partial charge in [0.25, 0.3) is 5.91 Å². The molecule has 0 atom stereocenters. The van der Waals surface area contributed by atoms with E-state index in [2.05, 4.69) is 22.5 Å². The van der Waals surface area contributed by atoms with Crippen LogP contribution in [0, 0.1) is 0 Å². The van der Waals surface area contributed by atoms with Gasteiger partial charge in [-0.3, -0.25) is 10.1 Å². The lowest BCUT2D eigenvalue weighted by molar-refractivity contribution is 0.102. The van der Waals surface area contributed by atoms with Crippen LogP contribution in [0.1, 0.15) is 61.4 Å². The van der Waals surface area contributed by atoms with Crippen molar-refractivity contribution in [3.05, 3.63) is 47.5 Å². The first-order valence-electron chi connectivity index (χ1n) is 10.5. The minimum Gasteiger partial charge on any atom is -0.506 e. The normalized spacial score (nSPS) is 10.9. The number of amides is 2. The highest BCUT2D eigenvalue weighted by molar-refractivity contribution is 7.22. The minimum atomic E-state index is -1.19. The molecule has 0 saturated carbocycles. The number of rotatable bonds is 10. The Kier molecular flexibility index (Phi) is 7.83. The monoisotopic (exact) mass is 441 g/mol. The van der Waals surface area contributed by atoms with E-state index in [9.17, 15) is 14.7 Å². The maximum Gasteiger partial charge on any atom is 0.410 e. The first kappa shape index (κ1) is 22.6. The Bertz CT molecular complexity index is 1060. The zero-order chi connectivity index (χ0) is 22.2. The first-order valence-corrected chi connectivity index (χ1v) is 11.3. The molecule has 3 aromatic rings. The summed E-state index contributed by atoms with van der Waals surface area (Å²) in [4.78, 5) is 27.8.